The van der Waals surface area contributed by atoms with Gasteiger partial charge in [-0.1, -0.05) is 5.10 Å². The minimum atomic E-state index is 0.111. The van der Waals surface area contributed by atoms with Crippen LogP contribution in [0.2, 0.25) is 0 Å². The molecule has 12 heavy (non-hydrogen) atoms. The minimum absolute atomic E-state index is 0.111. The Kier molecular flexibility index (Phi) is 2.60. The normalized spacial score (nSPS) is 8.67. The summed E-state index contributed by atoms with van der Waals surface area (Å²) in [7, 11) is 0. The maximum Gasteiger partial charge on any atom is 0.260 e. The molecule has 0 unspecified atom stereocenters. The smallest absolute Gasteiger partial charge is 0.260 e. The van der Waals surface area contributed by atoms with E-state index in [4.69, 9.17) is 11.6 Å². The summed E-state index contributed by atoms with van der Waals surface area (Å²) in [6.07, 6.45) is 3.46. The van der Waals surface area contributed by atoms with Crippen LogP contribution >= 0.6 is 0 Å². The van der Waals surface area contributed by atoms with Gasteiger partial charge in [0.1, 0.15) is 0 Å². The van der Waals surface area contributed by atoms with Crippen molar-refractivity contribution in [3.63, 3.8) is 0 Å². The summed E-state index contributed by atoms with van der Waals surface area (Å²) in [6.45, 7) is 0. The highest BCUT2D eigenvalue weighted by atomic mass is 15.7. The third-order valence-corrected chi connectivity index (χ3v) is 0.924. The van der Waals surface area contributed by atoms with E-state index in [0.29, 0.717) is 0 Å². The fourth-order valence-corrected chi connectivity index (χ4v) is 0.416. The summed E-state index contributed by atoms with van der Waals surface area (Å²) >= 11 is 0. The molecule has 0 saturated heterocycles. The maximum absolute atomic E-state index is 5.04. The van der Waals surface area contributed by atoms with Gasteiger partial charge in [-0.3, -0.25) is 5.10 Å². The van der Waals surface area contributed by atoms with Crippen molar-refractivity contribution < 1.29 is 0 Å². The lowest BCUT2D eigenvalue weighted by molar-refractivity contribution is 0.761. The second-order valence-corrected chi connectivity index (χ2v) is 1.75. The number of rotatable bonds is 0. The van der Waals surface area contributed by atoms with E-state index in [9.17, 15) is 0 Å². The van der Waals surface area contributed by atoms with Gasteiger partial charge in [0.2, 0.25) is 0 Å². The van der Waals surface area contributed by atoms with Gasteiger partial charge in [-0.2, -0.15) is 5.10 Å². The van der Waals surface area contributed by atoms with Gasteiger partial charge in [-0.15, -0.1) is 4.79 Å². The predicted molar refractivity (Wildman–Crippen MR) is 41.0 cm³/mol. The van der Waals surface area contributed by atoms with Crippen molar-refractivity contribution in [2.24, 2.45) is 0 Å². The molecule has 5 N–H and O–H groups in total. The number of hydrogen-bond acceptors (Lipinski definition) is 6. The maximum atomic E-state index is 5.04. The molecule has 0 spiro atoms. The van der Waals surface area contributed by atoms with E-state index < -0.39 is 0 Å². The van der Waals surface area contributed by atoms with Crippen LogP contribution < -0.4 is 11.6 Å². The summed E-state index contributed by atoms with van der Waals surface area (Å²) in [5.41, 5.74) is 5.04. The van der Waals surface area contributed by atoms with E-state index in [1.54, 1.807) is 12.4 Å². The molecule has 2 rings (SSSR count). The average molecular weight is 168 g/mol. The van der Waals surface area contributed by atoms with Crippen LogP contribution in [0.3, 0.4) is 0 Å². The Morgan fingerprint density at radius 2 is 2.33 bits per heavy atom. The minimum Gasteiger partial charge on any atom is -0.365 e. The molecule has 0 amide bonds. The van der Waals surface area contributed by atoms with Crippen molar-refractivity contribution in [2.45, 2.75) is 0 Å². The summed E-state index contributed by atoms with van der Waals surface area (Å²) in [5.74, 6) is 5.11. The SMILES string of the molecule is Nc1nnnn1N.c1cn[nH]c1. The van der Waals surface area contributed by atoms with E-state index in [2.05, 4.69) is 25.7 Å². The van der Waals surface area contributed by atoms with E-state index in [1.165, 1.54) is 0 Å². The van der Waals surface area contributed by atoms with Crippen molar-refractivity contribution in [3.05, 3.63) is 18.5 Å². The van der Waals surface area contributed by atoms with Gasteiger partial charge in [-0.05, 0) is 16.5 Å². The second kappa shape index (κ2) is 3.91. The topological polar surface area (TPSA) is 124 Å². The highest BCUT2D eigenvalue weighted by Crippen LogP contribution is 1.78. The number of H-pyrrole nitrogens is 1. The van der Waals surface area contributed by atoms with Gasteiger partial charge in [-0.25, -0.2) is 0 Å². The molecular formula is C4H8N8. The number of aromatic amines is 1. The van der Waals surface area contributed by atoms with Crippen LogP contribution in [0.1, 0.15) is 0 Å². The van der Waals surface area contributed by atoms with Gasteiger partial charge in [0, 0.05) is 12.4 Å². The molecule has 0 fully saturated rings. The largest absolute Gasteiger partial charge is 0.365 e. The van der Waals surface area contributed by atoms with Crippen LogP contribution in [0.5, 0.6) is 0 Å². The van der Waals surface area contributed by atoms with Crippen LogP contribution in [0, 0.1) is 0 Å². The molecule has 8 heteroatoms. The highest BCUT2D eigenvalue weighted by Gasteiger charge is 1.89. The molecule has 0 atom stereocenters. The first kappa shape index (κ1) is 7.98. The van der Waals surface area contributed by atoms with Crippen LogP contribution in [0.25, 0.3) is 0 Å². The Bertz CT molecular complexity index is 263. The monoisotopic (exact) mass is 168 g/mol. The molecule has 2 aromatic rings. The van der Waals surface area contributed by atoms with E-state index in [0.717, 1.165) is 4.79 Å². The molecule has 0 aliphatic carbocycles. The summed E-state index contributed by atoms with van der Waals surface area (Å²) in [6, 6.07) is 1.83. The van der Waals surface area contributed by atoms with Crippen LogP contribution in [0.15, 0.2) is 18.5 Å². The third-order valence-electron chi connectivity index (χ3n) is 0.924. The standard InChI is InChI=1S/C3H4N2.CH4N6/c1-2-4-5-3-1;2-1-4-5-6-7(1)3/h1-3H,(H,4,5);3H2,(H2,2,4,6). The first-order valence-corrected chi connectivity index (χ1v) is 3.03. The highest BCUT2D eigenvalue weighted by molar-refractivity contribution is 5.09. The quantitative estimate of drug-likeness (QED) is 0.406. The zero-order valence-corrected chi connectivity index (χ0v) is 6.12. The molecule has 0 aliphatic heterocycles. The Balaban J connectivity index is 0.000000127. The number of hydrogen-bond donors (Lipinski definition) is 3. The number of tetrazole rings is 1. The van der Waals surface area contributed by atoms with Crippen molar-refractivity contribution in [2.75, 3.05) is 11.6 Å². The van der Waals surface area contributed by atoms with E-state index >= 15 is 0 Å². The van der Waals surface area contributed by atoms with Gasteiger partial charge in [0.05, 0.1) is 0 Å². The Morgan fingerprint density at radius 1 is 1.50 bits per heavy atom. The molecular weight excluding hydrogens is 160 g/mol. The van der Waals surface area contributed by atoms with Crippen LogP contribution in [0.4, 0.5) is 5.95 Å². The molecule has 0 aromatic carbocycles. The number of nitrogen functional groups attached to an aromatic ring is 2. The second-order valence-electron chi connectivity index (χ2n) is 1.75. The van der Waals surface area contributed by atoms with Crippen LogP contribution in [-0.2, 0) is 0 Å². The molecule has 64 valence electrons. The fraction of sp³-hybridized carbons (Fsp3) is 0. The lowest BCUT2D eigenvalue weighted by atomic mass is 10.8. The van der Waals surface area contributed by atoms with E-state index in [1.807, 2.05) is 6.07 Å². The number of anilines is 1. The molecule has 0 radical (unpaired) electrons. The predicted octanol–water partition coefficient (Wildman–Crippen LogP) is -1.62. The average Bonchev–Trinajstić information content (AvgIpc) is 2.67. The summed E-state index contributed by atoms with van der Waals surface area (Å²) in [4.78, 5) is 0.889. The van der Waals surface area contributed by atoms with Crippen molar-refractivity contribution in [3.8, 4) is 0 Å². The van der Waals surface area contributed by atoms with Crippen LogP contribution in [-0.4, -0.2) is 30.5 Å². The number of aromatic nitrogens is 6. The first-order chi connectivity index (χ1) is 5.80. The van der Waals surface area contributed by atoms with Gasteiger partial charge in [0.25, 0.3) is 5.95 Å². The van der Waals surface area contributed by atoms with Crippen molar-refractivity contribution >= 4 is 5.95 Å². The third kappa shape index (κ3) is 2.25. The molecule has 0 bridgehead atoms. The zero-order chi connectivity index (χ0) is 8.81. The summed E-state index contributed by atoms with van der Waals surface area (Å²) in [5, 5.41) is 15.8. The lowest BCUT2D eigenvalue weighted by Crippen LogP contribution is -2.13. The Hall–Kier alpha value is -2.12. The molecule has 2 heterocycles. The number of nitrogens with two attached hydrogens (primary N) is 2. The van der Waals surface area contributed by atoms with Gasteiger partial charge >= 0.3 is 0 Å². The lowest BCUT2D eigenvalue weighted by Gasteiger charge is -1.82. The fourth-order valence-electron chi connectivity index (χ4n) is 0.416. The Morgan fingerprint density at radius 3 is 2.50 bits per heavy atom. The van der Waals surface area contributed by atoms with Gasteiger partial charge < -0.3 is 11.6 Å². The number of nitrogens with one attached hydrogen (secondary N) is 1. The molecule has 2 aromatic heterocycles. The Labute approximate surface area is 67.5 Å². The first-order valence-electron chi connectivity index (χ1n) is 3.03. The molecule has 8 nitrogen and oxygen atoms in total. The van der Waals surface area contributed by atoms with Crippen molar-refractivity contribution in [1.29, 1.82) is 0 Å². The summed E-state index contributed by atoms with van der Waals surface area (Å²) < 4.78 is 0. The van der Waals surface area contributed by atoms with Crippen molar-refractivity contribution in [1.82, 2.24) is 30.5 Å². The number of nitrogens with zero attached hydrogens (tertiary/aromatic N) is 5. The molecule has 0 saturated carbocycles. The van der Waals surface area contributed by atoms with E-state index in [-0.39, 0.29) is 5.95 Å². The van der Waals surface area contributed by atoms with Gasteiger partial charge in [0.15, 0.2) is 0 Å². The zero-order valence-electron chi connectivity index (χ0n) is 6.12. The molecule has 0 aliphatic rings.